The Hall–Kier alpha value is -2.28. The summed E-state index contributed by atoms with van der Waals surface area (Å²) in [5.41, 5.74) is 1.90. The van der Waals surface area contributed by atoms with Crippen LogP contribution in [0, 0.1) is 0 Å². The van der Waals surface area contributed by atoms with E-state index >= 15 is 0 Å². The van der Waals surface area contributed by atoms with Crippen LogP contribution < -0.4 is 5.32 Å². The monoisotopic (exact) mass is 370 g/mol. The van der Waals surface area contributed by atoms with Crippen molar-refractivity contribution in [3.63, 3.8) is 0 Å². The summed E-state index contributed by atoms with van der Waals surface area (Å²) in [5, 5.41) is 12.6. The summed E-state index contributed by atoms with van der Waals surface area (Å²) in [6.45, 7) is 1.87. The van der Waals surface area contributed by atoms with E-state index in [-0.39, 0.29) is 11.2 Å². The molecule has 0 aliphatic heterocycles. The highest BCUT2D eigenvalue weighted by Crippen LogP contribution is 2.30. The van der Waals surface area contributed by atoms with E-state index in [2.05, 4.69) is 20.5 Å². The third-order valence-corrected chi connectivity index (χ3v) is 5.76. The molecule has 1 aromatic carbocycles. The number of aromatic amines is 1. The fraction of sp³-hybridized carbons (Fsp3) is 0.421. The Labute approximate surface area is 156 Å². The molecule has 2 aromatic heterocycles. The first kappa shape index (κ1) is 17.1. The Morgan fingerprint density at radius 1 is 1.27 bits per heavy atom. The molecule has 0 saturated heterocycles. The predicted octanol–water partition coefficient (Wildman–Crippen LogP) is 4.15. The maximum atomic E-state index is 12.4. The van der Waals surface area contributed by atoms with Crippen molar-refractivity contribution in [3.05, 3.63) is 30.5 Å². The maximum absolute atomic E-state index is 12.4. The number of hydrogen-bond acceptors (Lipinski definition) is 5. The van der Waals surface area contributed by atoms with Crippen molar-refractivity contribution in [1.82, 2.24) is 20.5 Å². The average Bonchev–Trinajstić information content (AvgIpc) is 3.29. The van der Waals surface area contributed by atoms with E-state index in [9.17, 15) is 4.79 Å². The lowest BCUT2D eigenvalue weighted by Gasteiger charge is -2.23. The molecule has 0 bridgehead atoms. The Balaban J connectivity index is 1.42. The molecule has 1 amide bonds. The van der Waals surface area contributed by atoms with Gasteiger partial charge in [0.05, 0.1) is 10.8 Å². The maximum Gasteiger partial charge on any atom is 0.277 e. The van der Waals surface area contributed by atoms with Gasteiger partial charge in [-0.1, -0.05) is 49.2 Å². The van der Waals surface area contributed by atoms with Crippen LogP contribution in [0.3, 0.4) is 0 Å². The number of carbonyl (C=O) groups excluding carboxylic acids is 1. The van der Waals surface area contributed by atoms with Gasteiger partial charge in [-0.3, -0.25) is 4.79 Å². The van der Waals surface area contributed by atoms with Gasteiger partial charge in [-0.2, -0.15) is 0 Å². The van der Waals surface area contributed by atoms with Crippen LogP contribution in [0.4, 0.5) is 0 Å². The number of fused-ring (bicyclic) bond motifs is 1. The van der Waals surface area contributed by atoms with Crippen molar-refractivity contribution in [1.29, 1.82) is 0 Å². The van der Waals surface area contributed by atoms with Crippen molar-refractivity contribution in [2.45, 2.75) is 55.5 Å². The van der Waals surface area contributed by atoms with Crippen molar-refractivity contribution in [2.75, 3.05) is 0 Å². The largest absolute Gasteiger partial charge is 0.411 e. The van der Waals surface area contributed by atoms with Gasteiger partial charge in [0, 0.05) is 23.1 Å². The van der Waals surface area contributed by atoms with Crippen LogP contribution in [0.25, 0.3) is 22.4 Å². The molecule has 0 radical (unpaired) electrons. The standard InChI is InChI=1S/C19H22N4O2S/c1-12(17(24)21-13-7-3-2-4-8-13)26-19-23-22-18(25-19)15-11-20-16-10-6-5-9-14(15)16/h5-6,9-13,20H,2-4,7-8H2,1H3,(H,21,24). The molecule has 1 atom stereocenters. The molecule has 1 aliphatic carbocycles. The zero-order valence-corrected chi connectivity index (χ0v) is 15.5. The molecule has 0 spiro atoms. The summed E-state index contributed by atoms with van der Waals surface area (Å²) >= 11 is 1.30. The second-order valence-corrected chi connectivity index (χ2v) is 8.02. The van der Waals surface area contributed by atoms with Gasteiger partial charge >= 0.3 is 0 Å². The topological polar surface area (TPSA) is 83.8 Å². The summed E-state index contributed by atoms with van der Waals surface area (Å²) in [6, 6.07) is 8.28. The van der Waals surface area contributed by atoms with Crippen molar-refractivity contribution in [3.8, 4) is 11.5 Å². The molecule has 1 saturated carbocycles. The Kier molecular flexibility index (Phi) is 4.97. The molecule has 1 unspecified atom stereocenters. The molecule has 1 aliphatic rings. The molecular formula is C19H22N4O2S. The van der Waals surface area contributed by atoms with E-state index in [1.807, 2.05) is 37.4 Å². The minimum Gasteiger partial charge on any atom is -0.411 e. The zero-order chi connectivity index (χ0) is 17.9. The number of rotatable bonds is 5. The molecular weight excluding hydrogens is 348 g/mol. The lowest BCUT2D eigenvalue weighted by atomic mass is 9.95. The van der Waals surface area contributed by atoms with Crippen molar-refractivity contribution < 1.29 is 9.21 Å². The summed E-state index contributed by atoms with van der Waals surface area (Å²) in [6.07, 6.45) is 7.69. The minimum absolute atomic E-state index is 0.0359. The highest BCUT2D eigenvalue weighted by molar-refractivity contribution is 8.00. The number of thioether (sulfide) groups is 1. The van der Waals surface area contributed by atoms with Crippen LogP contribution >= 0.6 is 11.8 Å². The number of carbonyl (C=O) groups is 1. The van der Waals surface area contributed by atoms with Gasteiger partial charge in [0.1, 0.15) is 0 Å². The van der Waals surface area contributed by atoms with Crippen LogP contribution in [-0.2, 0) is 4.79 Å². The Morgan fingerprint density at radius 3 is 2.92 bits per heavy atom. The van der Waals surface area contributed by atoms with Gasteiger partial charge < -0.3 is 14.7 Å². The van der Waals surface area contributed by atoms with E-state index in [4.69, 9.17) is 4.42 Å². The highest BCUT2D eigenvalue weighted by Gasteiger charge is 2.23. The fourth-order valence-corrected chi connectivity index (χ4v) is 4.08. The number of nitrogens with zero attached hydrogens (tertiary/aromatic N) is 2. The number of amides is 1. The quantitative estimate of drug-likeness (QED) is 0.659. The van der Waals surface area contributed by atoms with E-state index < -0.39 is 0 Å². The molecule has 1 fully saturated rings. The van der Waals surface area contributed by atoms with Crippen molar-refractivity contribution in [2.24, 2.45) is 0 Å². The normalized spacial score (nSPS) is 16.7. The molecule has 2 N–H and O–H groups in total. The molecule has 26 heavy (non-hydrogen) atoms. The van der Waals surface area contributed by atoms with Gasteiger partial charge in [-0.15, -0.1) is 10.2 Å². The number of hydrogen-bond donors (Lipinski definition) is 2. The molecule has 4 rings (SSSR count). The molecule has 7 heteroatoms. The Bertz CT molecular complexity index is 898. The molecule has 3 aromatic rings. The van der Waals surface area contributed by atoms with Gasteiger partial charge in [0.15, 0.2) is 0 Å². The molecule has 136 valence electrons. The second-order valence-electron chi connectivity index (χ2n) is 6.72. The number of benzene rings is 1. The summed E-state index contributed by atoms with van der Waals surface area (Å²) in [7, 11) is 0. The van der Waals surface area contributed by atoms with Gasteiger partial charge in [0.25, 0.3) is 11.1 Å². The molecule has 2 heterocycles. The Morgan fingerprint density at radius 2 is 2.08 bits per heavy atom. The molecule has 6 nitrogen and oxygen atoms in total. The van der Waals surface area contributed by atoms with E-state index in [1.54, 1.807) is 0 Å². The van der Waals surface area contributed by atoms with E-state index in [0.717, 1.165) is 29.3 Å². The number of aromatic nitrogens is 3. The van der Waals surface area contributed by atoms with Crippen LogP contribution in [-0.4, -0.2) is 32.4 Å². The number of H-pyrrole nitrogens is 1. The number of nitrogens with one attached hydrogen (secondary N) is 2. The first-order valence-electron chi connectivity index (χ1n) is 9.08. The minimum atomic E-state index is -0.270. The van der Waals surface area contributed by atoms with Crippen LogP contribution in [0.2, 0.25) is 0 Å². The van der Waals surface area contributed by atoms with Crippen molar-refractivity contribution >= 4 is 28.6 Å². The van der Waals surface area contributed by atoms with E-state index in [0.29, 0.717) is 17.2 Å². The van der Waals surface area contributed by atoms with Gasteiger partial charge in [-0.05, 0) is 25.8 Å². The van der Waals surface area contributed by atoms with Crippen LogP contribution in [0.5, 0.6) is 0 Å². The lowest BCUT2D eigenvalue weighted by Crippen LogP contribution is -2.40. The summed E-state index contributed by atoms with van der Waals surface area (Å²) < 4.78 is 5.79. The summed E-state index contributed by atoms with van der Waals surface area (Å²) in [5.74, 6) is 0.499. The second kappa shape index (κ2) is 7.53. The predicted molar refractivity (Wildman–Crippen MR) is 102 cm³/mol. The summed E-state index contributed by atoms with van der Waals surface area (Å²) in [4.78, 5) is 15.6. The fourth-order valence-electron chi connectivity index (χ4n) is 3.38. The van der Waals surface area contributed by atoms with Gasteiger partial charge in [0.2, 0.25) is 5.91 Å². The van der Waals surface area contributed by atoms with Gasteiger partial charge in [-0.25, -0.2) is 0 Å². The third kappa shape index (κ3) is 3.62. The number of para-hydroxylation sites is 1. The smallest absolute Gasteiger partial charge is 0.277 e. The SMILES string of the molecule is CC(Sc1nnc(-c2c[nH]c3ccccc23)o1)C(=O)NC1CCCCC1. The van der Waals surface area contributed by atoms with E-state index in [1.165, 1.54) is 31.0 Å². The first-order chi connectivity index (χ1) is 12.7. The van der Waals surface area contributed by atoms with Crippen LogP contribution in [0.1, 0.15) is 39.0 Å². The van der Waals surface area contributed by atoms with Crippen LogP contribution in [0.15, 0.2) is 40.1 Å². The lowest BCUT2D eigenvalue weighted by molar-refractivity contribution is -0.121. The highest BCUT2D eigenvalue weighted by atomic mass is 32.2. The zero-order valence-electron chi connectivity index (χ0n) is 14.7. The third-order valence-electron chi connectivity index (χ3n) is 4.82. The average molecular weight is 370 g/mol. The first-order valence-corrected chi connectivity index (χ1v) is 9.95.